The SMILES string of the molecule is Cc1nc(C)c(C(C)N2CCCC(NC3CC3)C2)s1. The molecule has 1 aliphatic carbocycles. The maximum absolute atomic E-state index is 4.58. The maximum atomic E-state index is 4.58. The van der Waals surface area contributed by atoms with Crippen molar-refractivity contribution in [1.29, 1.82) is 0 Å². The molecule has 0 bridgehead atoms. The van der Waals surface area contributed by atoms with Crippen LogP contribution in [0.4, 0.5) is 0 Å². The number of piperidine rings is 1. The van der Waals surface area contributed by atoms with E-state index in [2.05, 4.69) is 36.0 Å². The molecule has 2 atom stereocenters. The van der Waals surface area contributed by atoms with E-state index in [1.807, 2.05) is 11.3 Å². The molecule has 19 heavy (non-hydrogen) atoms. The Hall–Kier alpha value is -0.450. The minimum absolute atomic E-state index is 0.523. The number of aromatic nitrogens is 1. The van der Waals surface area contributed by atoms with E-state index in [1.54, 1.807) is 0 Å². The number of likely N-dealkylation sites (tertiary alicyclic amines) is 1. The van der Waals surface area contributed by atoms with Crippen LogP contribution < -0.4 is 5.32 Å². The van der Waals surface area contributed by atoms with E-state index in [0.717, 1.165) is 6.04 Å². The van der Waals surface area contributed by atoms with Gasteiger partial charge in [0, 0.05) is 29.5 Å². The highest BCUT2D eigenvalue weighted by Gasteiger charge is 2.30. The molecule has 2 aliphatic rings. The summed E-state index contributed by atoms with van der Waals surface area (Å²) in [5.41, 5.74) is 1.23. The Labute approximate surface area is 120 Å². The van der Waals surface area contributed by atoms with Crippen molar-refractivity contribution in [2.75, 3.05) is 13.1 Å². The highest BCUT2D eigenvalue weighted by atomic mass is 32.1. The average molecular weight is 279 g/mol. The summed E-state index contributed by atoms with van der Waals surface area (Å²) in [5.74, 6) is 0. The summed E-state index contributed by atoms with van der Waals surface area (Å²) in [7, 11) is 0. The molecule has 1 N–H and O–H groups in total. The van der Waals surface area contributed by atoms with Gasteiger partial charge >= 0.3 is 0 Å². The monoisotopic (exact) mass is 279 g/mol. The summed E-state index contributed by atoms with van der Waals surface area (Å²) in [5, 5.41) is 4.99. The van der Waals surface area contributed by atoms with Crippen molar-refractivity contribution < 1.29 is 0 Å². The first-order chi connectivity index (χ1) is 9.13. The third-order valence-corrected chi connectivity index (χ3v) is 5.61. The first kappa shape index (κ1) is 13.5. The lowest BCUT2D eigenvalue weighted by atomic mass is 10.0. The number of thiazole rings is 1. The molecule has 1 saturated heterocycles. The van der Waals surface area contributed by atoms with Crippen molar-refractivity contribution in [1.82, 2.24) is 15.2 Å². The van der Waals surface area contributed by atoms with E-state index < -0.39 is 0 Å². The Morgan fingerprint density at radius 3 is 2.68 bits per heavy atom. The van der Waals surface area contributed by atoms with Crippen molar-refractivity contribution in [2.45, 2.75) is 64.6 Å². The van der Waals surface area contributed by atoms with Gasteiger partial charge < -0.3 is 5.32 Å². The van der Waals surface area contributed by atoms with Gasteiger partial charge in [0.1, 0.15) is 0 Å². The van der Waals surface area contributed by atoms with Crippen LogP contribution in [0.5, 0.6) is 0 Å². The Balaban J connectivity index is 1.65. The maximum Gasteiger partial charge on any atom is 0.0900 e. The van der Waals surface area contributed by atoms with Crippen LogP contribution in [-0.2, 0) is 0 Å². The van der Waals surface area contributed by atoms with Crippen LogP contribution in [-0.4, -0.2) is 35.1 Å². The molecule has 1 aromatic rings. The van der Waals surface area contributed by atoms with Crippen LogP contribution in [0.25, 0.3) is 0 Å². The molecular weight excluding hydrogens is 254 g/mol. The van der Waals surface area contributed by atoms with Crippen LogP contribution in [0.1, 0.15) is 54.2 Å². The highest BCUT2D eigenvalue weighted by molar-refractivity contribution is 7.11. The number of hydrogen-bond acceptors (Lipinski definition) is 4. The zero-order valence-corrected chi connectivity index (χ0v) is 13.1. The van der Waals surface area contributed by atoms with Crippen molar-refractivity contribution in [3.63, 3.8) is 0 Å². The Bertz CT molecular complexity index is 439. The topological polar surface area (TPSA) is 28.2 Å². The summed E-state index contributed by atoms with van der Waals surface area (Å²) in [6, 6.07) is 2.06. The minimum Gasteiger partial charge on any atom is -0.310 e. The fraction of sp³-hybridized carbons (Fsp3) is 0.800. The number of nitrogens with one attached hydrogen (secondary N) is 1. The van der Waals surface area contributed by atoms with E-state index >= 15 is 0 Å². The van der Waals surface area contributed by atoms with Crippen LogP contribution in [0.3, 0.4) is 0 Å². The van der Waals surface area contributed by atoms with Crippen molar-refractivity contribution in [3.8, 4) is 0 Å². The molecule has 106 valence electrons. The lowest BCUT2D eigenvalue weighted by Gasteiger charge is -2.37. The minimum atomic E-state index is 0.523. The summed E-state index contributed by atoms with van der Waals surface area (Å²) < 4.78 is 0. The standard InChI is InChI=1S/C15H25N3S/c1-10-15(19-12(3)16-10)11(2)18-8-4-5-14(9-18)17-13-6-7-13/h11,13-14,17H,4-9H2,1-3H3. The van der Waals surface area contributed by atoms with Gasteiger partial charge in [-0.1, -0.05) is 0 Å². The predicted molar refractivity (Wildman–Crippen MR) is 80.8 cm³/mol. The zero-order chi connectivity index (χ0) is 13.4. The molecule has 2 unspecified atom stereocenters. The molecule has 3 nitrogen and oxygen atoms in total. The molecule has 1 aliphatic heterocycles. The van der Waals surface area contributed by atoms with Crippen LogP contribution >= 0.6 is 11.3 Å². The van der Waals surface area contributed by atoms with E-state index in [1.165, 1.54) is 54.4 Å². The predicted octanol–water partition coefficient (Wildman–Crippen LogP) is 3.04. The number of hydrogen-bond donors (Lipinski definition) is 1. The van der Waals surface area contributed by atoms with Crippen molar-refractivity contribution in [3.05, 3.63) is 15.6 Å². The zero-order valence-electron chi connectivity index (χ0n) is 12.3. The van der Waals surface area contributed by atoms with Crippen LogP contribution in [0.15, 0.2) is 0 Å². The molecule has 1 aromatic heterocycles. The number of nitrogens with zero attached hydrogens (tertiary/aromatic N) is 2. The van der Waals surface area contributed by atoms with E-state index in [4.69, 9.17) is 0 Å². The van der Waals surface area contributed by atoms with Crippen LogP contribution in [0.2, 0.25) is 0 Å². The largest absolute Gasteiger partial charge is 0.310 e. The fourth-order valence-corrected chi connectivity index (χ4v) is 4.19. The van der Waals surface area contributed by atoms with Gasteiger partial charge in [-0.15, -0.1) is 11.3 Å². The molecule has 0 aromatic carbocycles. The Morgan fingerprint density at radius 1 is 1.26 bits per heavy atom. The molecule has 0 amide bonds. The van der Waals surface area contributed by atoms with Gasteiger partial charge in [-0.2, -0.15) is 0 Å². The molecule has 2 fully saturated rings. The van der Waals surface area contributed by atoms with Gasteiger partial charge in [0.25, 0.3) is 0 Å². The molecular formula is C15H25N3S. The third-order valence-electron chi connectivity index (χ3n) is 4.37. The Morgan fingerprint density at radius 2 is 2.05 bits per heavy atom. The van der Waals surface area contributed by atoms with Gasteiger partial charge in [0.15, 0.2) is 0 Å². The second kappa shape index (κ2) is 5.51. The average Bonchev–Trinajstić information content (AvgIpc) is 3.13. The summed E-state index contributed by atoms with van der Waals surface area (Å²) in [6.07, 6.45) is 5.45. The molecule has 0 spiro atoms. The van der Waals surface area contributed by atoms with Gasteiger partial charge in [-0.05, 0) is 53.0 Å². The first-order valence-corrected chi connectivity index (χ1v) is 8.39. The second-order valence-corrected chi connectivity index (χ2v) is 7.37. The quantitative estimate of drug-likeness (QED) is 0.918. The lowest BCUT2D eigenvalue weighted by Crippen LogP contribution is -2.47. The first-order valence-electron chi connectivity index (χ1n) is 7.57. The molecule has 3 rings (SSSR count). The normalized spacial score (nSPS) is 26.6. The van der Waals surface area contributed by atoms with E-state index in [-0.39, 0.29) is 0 Å². The smallest absolute Gasteiger partial charge is 0.0900 e. The summed E-state index contributed by atoms with van der Waals surface area (Å²) >= 11 is 1.87. The Kier molecular flexibility index (Phi) is 3.92. The molecule has 2 heterocycles. The second-order valence-electron chi connectivity index (χ2n) is 6.13. The van der Waals surface area contributed by atoms with Gasteiger partial charge in [0.2, 0.25) is 0 Å². The molecule has 1 saturated carbocycles. The van der Waals surface area contributed by atoms with Crippen LogP contribution in [0, 0.1) is 13.8 Å². The van der Waals surface area contributed by atoms with E-state index in [0.29, 0.717) is 12.1 Å². The summed E-state index contributed by atoms with van der Waals surface area (Å²) in [4.78, 5) is 8.69. The van der Waals surface area contributed by atoms with E-state index in [9.17, 15) is 0 Å². The number of rotatable bonds is 4. The summed E-state index contributed by atoms with van der Waals surface area (Å²) in [6.45, 7) is 9.05. The van der Waals surface area contributed by atoms with Gasteiger partial charge in [-0.25, -0.2) is 4.98 Å². The highest BCUT2D eigenvalue weighted by Crippen LogP contribution is 2.31. The fourth-order valence-electron chi connectivity index (χ4n) is 3.18. The third kappa shape index (κ3) is 3.18. The van der Waals surface area contributed by atoms with Gasteiger partial charge in [-0.3, -0.25) is 4.90 Å². The lowest BCUT2D eigenvalue weighted by molar-refractivity contribution is 0.146. The van der Waals surface area contributed by atoms with Gasteiger partial charge in [0.05, 0.1) is 10.7 Å². The van der Waals surface area contributed by atoms with Crippen molar-refractivity contribution >= 4 is 11.3 Å². The van der Waals surface area contributed by atoms with Crippen molar-refractivity contribution in [2.24, 2.45) is 0 Å². The molecule has 4 heteroatoms. The number of aryl methyl sites for hydroxylation is 2. The molecule has 0 radical (unpaired) electrons.